The Balaban J connectivity index is 1.70. The summed E-state index contributed by atoms with van der Waals surface area (Å²) >= 11 is 6.07. The number of halogens is 2. The van der Waals surface area contributed by atoms with Crippen LogP contribution in [0.15, 0.2) is 42.5 Å². The molecule has 0 aromatic heterocycles. The average Bonchev–Trinajstić information content (AvgIpc) is 2.51. The van der Waals surface area contributed by atoms with Crippen LogP contribution in [-0.2, 0) is 0 Å². The molecule has 3 nitrogen and oxygen atoms in total. The van der Waals surface area contributed by atoms with Gasteiger partial charge in [-0.15, -0.1) is 0 Å². The summed E-state index contributed by atoms with van der Waals surface area (Å²) in [6, 6.07) is 12.3. The quantitative estimate of drug-likeness (QED) is 0.863. The van der Waals surface area contributed by atoms with E-state index in [1.165, 1.54) is 12.1 Å². The number of para-hydroxylation sites is 1. The first-order valence-corrected chi connectivity index (χ1v) is 7.32. The van der Waals surface area contributed by atoms with Crippen LogP contribution in [0.25, 0.3) is 0 Å². The summed E-state index contributed by atoms with van der Waals surface area (Å²) < 4.78 is 13.0. The monoisotopic (exact) mass is 305 g/mol. The van der Waals surface area contributed by atoms with Crippen LogP contribution in [-0.4, -0.2) is 26.2 Å². The Bertz CT molecular complexity index is 622. The van der Waals surface area contributed by atoms with Gasteiger partial charge in [-0.1, -0.05) is 17.7 Å². The van der Waals surface area contributed by atoms with Crippen LogP contribution < -0.4 is 15.5 Å². The van der Waals surface area contributed by atoms with Crippen LogP contribution in [0.1, 0.15) is 0 Å². The van der Waals surface area contributed by atoms with E-state index in [0.717, 1.165) is 37.6 Å². The van der Waals surface area contributed by atoms with Crippen molar-refractivity contribution in [3.63, 3.8) is 0 Å². The molecule has 0 atom stereocenters. The van der Waals surface area contributed by atoms with E-state index in [2.05, 4.69) is 9.80 Å². The van der Waals surface area contributed by atoms with Gasteiger partial charge in [0.15, 0.2) is 0 Å². The minimum Gasteiger partial charge on any atom is -0.396 e. The van der Waals surface area contributed by atoms with E-state index in [0.29, 0.717) is 10.7 Å². The van der Waals surface area contributed by atoms with E-state index >= 15 is 0 Å². The topological polar surface area (TPSA) is 32.5 Å². The van der Waals surface area contributed by atoms with Crippen LogP contribution in [0, 0.1) is 5.82 Å². The molecule has 0 aliphatic carbocycles. The third-order valence-electron chi connectivity index (χ3n) is 3.84. The van der Waals surface area contributed by atoms with Crippen molar-refractivity contribution in [2.45, 2.75) is 0 Å². The largest absolute Gasteiger partial charge is 0.396 e. The lowest BCUT2D eigenvalue weighted by atomic mass is 10.2. The number of piperazine rings is 1. The standard InChI is InChI=1S/C16H17ClFN3/c17-14-2-1-3-15(16(14)19)21-10-8-20(9-11-21)13-6-4-12(18)5-7-13/h1-7H,8-11,19H2. The zero-order valence-corrected chi connectivity index (χ0v) is 12.4. The normalized spacial score (nSPS) is 15.3. The molecule has 1 heterocycles. The molecule has 1 fully saturated rings. The Labute approximate surface area is 128 Å². The third-order valence-corrected chi connectivity index (χ3v) is 4.17. The van der Waals surface area contributed by atoms with Gasteiger partial charge in [-0.3, -0.25) is 0 Å². The fourth-order valence-electron chi connectivity index (χ4n) is 2.66. The van der Waals surface area contributed by atoms with Crippen LogP contribution >= 0.6 is 11.6 Å². The van der Waals surface area contributed by atoms with Crippen molar-refractivity contribution in [2.75, 3.05) is 41.7 Å². The van der Waals surface area contributed by atoms with E-state index in [4.69, 9.17) is 17.3 Å². The molecule has 110 valence electrons. The first-order valence-electron chi connectivity index (χ1n) is 6.94. The number of nitrogens with zero attached hydrogens (tertiary/aromatic N) is 2. The highest BCUT2D eigenvalue weighted by Crippen LogP contribution is 2.31. The second-order valence-electron chi connectivity index (χ2n) is 5.12. The molecule has 0 radical (unpaired) electrons. The van der Waals surface area contributed by atoms with Gasteiger partial charge in [-0.05, 0) is 36.4 Å². The highest BCUT2D eigenvalue weighted by molar-refractivity contribution is 6.33. The number of benzene rings is 2. The van der Waals surface area contributed by atoms with Gasteiger partial charge >= 0.3 is 0 Å². The summed E-state index contributed by atoms with van der Waals surface area (Å²) in [5.41, 5.74) is 8.72. The van der Waals surface area contributed by atoms with Crippen LogP contribution in [0.5, 0.6) is 0 Å². The fourth-order valence-corrected chi connectivity index (χ4v) is 2.83. The van der Waals surface area contributed by atoms with Crippen molar-refractivity contribution in [1.82, 2.24) is 0 Å². The number of hydrogen-bond donors (Lipinski definition) is 1. The van der Waals surface area contributed by atoms with E-state index in [9.17, 15) is 4.39 Å². The fraction of sp³-hybridized carbons (Fsp3) is 0.250. The number of anilines is 3. The molecule has 1 aliphatic rings. The zero-order chi connectivity index (χ0) is 14.8. The second-order valence-corrected chi connectivity index (χ2v) is 5.53. The van der Waals surface area contributed by atoms with E-state index < -0.39 is 0 Å². The number of nitrogen functional groups attached to an aromatic ring is 1. The molecule has 2 aromatic rings. The van der Waals surface area contributed by atoms with Crippen molar-refractivity contribution in [3.8, 4) is 0 Å². The van der Waals surface area contributed by atoms with Crippen molar-refractivity contribution in [3.05, 3.63) is 53.3 Å². The summed E-state index contributed by atoms with van der Waals surface area (Å²) in [6.07, 6.45) is 0. The molecule has 0 saturated carbocycles. The summed E-state index contributed by atoms with van der Waals surface area (Å²) in [4.78, 5) is 4.48. The molecule has 3 rings (SSSR count). The van der Waals surface area contributed by atoms with Crippen molar-refractivity contribution in [1.29, 1.82) is 0 Å². The smallest absolute Gasteiger partial charge is 0.123 e. The second kappa shape index (κ2) is 5.82. The summed E-state index contributed by atoms with van der Waals surface area (Å²) in [7, 11) is 0. The average molecular weight is 306 g/mol. The maximum absolute atomic E-state index is 13.0. The Morgan fingerprint density at radius 2 is 1.52 bits per heavy atom. The number of nitrogens with two attached hydrogens (primary N) is 1. The van der Waals surface area contributed by atoms with Crippen LogP contribution in [0.3, 0.4) is 0 Å². The lowest BCUT2D eigenvalue weighted by Crippen LogP contribution is -2.46. The molecule has 2 aromatic carbocycles. The minimum atomic E-state index is -0.205. The SMILES string of the molecule is Nc1c(Cl)cccc1N1CCN(c2ccc(F)cc2)CC1. The highest BCUT2D eigenvalue weighted by atomic mass is 35.5. The predicted octanol–water partition coefficient (Wildman–Crippen LogP) is 3.39. The Kier molecular flexibility index (Phi) is 3.88. The van der Waals surface area contributed by atoms with Crippen molar-refractivity contribution in [2.24, 2.45) is 0 Å². The molecule has 1 aliphatic heterocycles. The molecule has 2 N–H and O–H groups in total. The maximum Gasteiger partial charge on any atom is 0.123 e. The molecule has 0 unspecified atom stereocenters. The van der Waals surface area contributed by atoms with Crippen LogP contribution in [0.4, 0.5) is 21.5 Å². The van der Waals surface area contributed by atoms with E-state index in [-0.39, 0.29) is 5.82 Å². The molecule has 21 heavy (non-hydrogen) atoms. The van der Waals surface area contributed by atoms with Gasteiger partial charge in [0.1, 0.15) is 5.82 Å². The Morgan fingerprint density at radius 3 is 2.19 bits per heavy atom. The maximum atomic E-state index is 13.0. The van der Waals surface area contributed by atoms with E-state index in [1.807, 2.05) is 24.3 Å². The predicted molar refractivity (Wildman–Crippen MR) is 86.7 cm³/mol. The molecular weight excluding hydrogens is 289 g/mol. The summed E-state index contributed by atoms with van der Waals surface area (Å²) in [5.74, 6) is -0.205. The third kappa shape index (κ3) is 2.90. The molecule has 5 heteroatoms. The Hall–Kier alpha value is -1.94. The lowest BCUT2D eigenvalue weighted by Gasteiger charge is -2.37. The Morgan fingerprint density at radius 1 is 0.905 bits per heavy atom. The van der Waals surface area contributed by atoms with Crippen molar-refractivity contribution >= 4 is 28.7 Å². The van der Waals surface area contributed by atoms with E-state index in [1.54, 1.807) is 6.07 Å². The first kappa shape index (κ1) is 14.0. The minimum absolute atomic E-state index is 0.205. The van der Waals surface area contributed by atoms with Gasteiger partial charge in [-0.2, -0.15) is 0 Å². The molecular formula is C16H17ClFN3. The van der Waals surface area contributed by atoms with Gasteiger partial charge in [0, 0.05) is 31.9 Å². The number of rotatable bonds is 2. The first-order chi connectivity index (χ1) is 10.1. The van der Waals surface area contributed by atoms with Gasteiger partial charge in [0.2, 0.25) is 0 Å². The van der Waals surface area contributed by atoms with Gasteiger partial charge in [0.25, 0.3) is 0 Å². The summed E-state index contributed by atoms with van der Waals surface area (Å²) in [6.45, 7) is 3.47. The van der Waals surface area contributed by atoms with Gasteiger partial charge in [0.05, 0.1) is 16.4 Å². The van der Waals surface area contributed by atoms with Crippen molar-refractivity contribution < 1.29 is 4.39 Å². The lowest BCUT2D eigenvalue weighted by molar-refractivity contribution is 0.625. The summed E-state index contributed by atoms with van der Waals surface area (Å²) in [5, 5.41) is 0.591. The van der Waals surface area contributed by atoms with Gasteiger partial charge < -0.3 is 15.5 Å². The number of hydrogen-bond acceptors (Lipinski definition) is 3. The molecule has 0 amide bonds. The molecule has 1 saturated heterocycles. The zero-order valence-electron chi connectivity index (χ0n) is 11.6. The highest BCUT2D eigenvalue weighted by Gasteiger charge is 2.19. The van der Waals surface area contributed by atoms with Crippen LogP contribution in [0.2, 0.25) is 5.02 Å². The van der Waals surface area contributed by atoms with Gasteiger partial charge in [-0.25, -0.2) is 4.39 Å². The molecule has 0 bridgehead atoms. The molecule has 0 spiro atoms.